The van der Waals surface area contributed by atoms with Crippen molar-refractivity contribution in [2.24, 2.45) is 4.99 Å². The minimum absolute atomic E-state index is 0. The van der Waals surface area contributed by atoms with E-state index in [1.807, 2.05) is 38.1 Å². The highest BCUT2D eigenvalue weighted by Gasteiger charge is 2.25. The van der Waals surface area contributed by atoms with Crippen LogP contribution in [0, 0.1) is 12.7 Å². The number of morpholine rings is 1. The molecule has 1 atom stereocenters. The summed E-state index contributed by atoms with van der Waals surface area (Å²) in [4.78, 5) is 7.14. The number of ether oxygens (including phenoxy) is 1. The number of nitrogens with zero attached hydrogens (tertiary/aromatic N) is 2. The van der Waals surface area contributed by atoms with Crippen LogP contribution in [0.25, 0.3) is 0 Å². The molecule has 0 saturated carbocycles. The summed E-state index contributed by atoms with van der Waals surface area (Å²) < 4.78 is 25.2. The van der Waals surface area contributed by atoms with Gasteiger partial charge in [-0.1, -0.05) is 18.2 Å². The van der Waals surface area contributed by atoms with Crippen LogP contribution in [-0.4, -0.2) is 56.8 Å². The summed E-state index contributed by atoms with van der Waals surface area (Å²) in [6, 6.07) is 11.0. The highest BCUT2D eigenvalue weighted by atomic mass is 127. The Kier molecular flexibility index (Phi) is 10.6. The molecular formula is C22H32FIN4O2. The Balaban J connectivity index is 0.00000320. The monoisotopic (exact) mass is 530 g/mol. The smallest absolute Gasteiger partial charge is 0.191 e. The van der Waals surface area contributed by atoms with Gasteiger partial charge in [0.25, 0.3) is 0 Å². The van der Waals surface area contributed by atoms with Gasteiger partial charge >= 0.3 is 0 Å². The summed E-state index contributed by atoms with van der Waals surface area (Å²) in [6.07, 6.45) is 0.599. The predicted octanol–water partition coefficient (Wildman–Crippen LogP) is 3.52. The van der Waals surface area contributed by atoms with Gasteiger partial charge in [0.05, 0.1) is 25.8 Å². The van der Waals surface area contributed by atoms with Crippen LogP contribution in [0.3, 0.4) is 0 Å². The van der Waals surface area contributed by atoms with Gasteiger partial charge in [-0.2, -0.15) is 0 Å². The first-order valence-corrected chi connectivity index (χ1v) is 10.3. The van der Waals surface area contributed by atoms with Gasteiger partial charge in [0.2, 0.25) is 0 Å². The fraction of sp³-hybridized carbons (Fsp3) is 0.500. The van der Waals surface area contributed by atoms with E-state index in [0.29, 0.717) is 25.1 Å². The number of aliphatic imine (C=N–C) groups is 1. The van der Waals surface area contributed by atoms with Gasteiger partial charge in [-0.15, -0.1) is 24.0 Å². The molecule has 1 saturated heterocycles. The summed E-state index contributed by atoms with van der Waals surface area (Å²) in [6.45, 7) is 9.08. The maximum Gasteiger partial charge on any atom is 0.191 e. The molecule has 3 rings (SSSR count). The Morgan fingerprint density at radius 2 is 1.93 bits per heavy atom. The molecule has 1 aliphatic rings. The Labute approximate surface area is 195 Å². The average molecular weight is 530 g/mol. The van der Waals surface area contributed by atoms with Crippen molar-refractivity contribution in [2.45, 2.75) is 26.3 Å². The standard InChI is InChI=1S/C22H31FN4O2.HI/c1-3-24-22(25-11-10-18-6-4-5-7-19(18)23)26-16-20(21-9-8-17(2)29-21)27-12-14-28-15-13-27;/h4-9,20H,3,10-16H2,1-2H3,(H2,24,25,26);1H. The van der Waals surface area contributed by atoms with Crippen molar-refractivity contribution in [3.63, 3.8) is 0 Å². The SMILES string of the molecule is CCNC(=NCC(c1ccc(C)o1)N1CCOCC1)NCCc1ccccc1F.I. The molecule has 166 valence electrons. The van der Waals surface area contributed by atoms with Crippen molar-refractivity contribution in [3.8, 4) is 0 Å². The minimum atomic E-state index is -0.170. The topological polar surface area (TPSA) is 62.0 Å². The molecule has 0 radical (unpaired) electrons. The molecule has 2 N–H and O–H groups in total. The number of rotatable bonds is 8. The van der Waals surface area contributed by atoms with Crippen molar-refractivity contribution in [3.05, 3.63) is 59.3 Å². The second kappa shape index (κ2) is 12.9. The molecule has 6 nitrogen and oxygen atoms in total. The summed E-state index contributed by atoms with van der Waals surface area (Å²) >= 11 is 0. The number of benzene rings is 1. The Bertz CT molecular complexity index is 793. The molecule has 1 aliphatic heterocycles. The van der Waals surface area contributed by atoms with Crippen molar-refractivity contribution < 1.29 is 13.5 Å². The van der Waals surface area contributed by atoms with Gasteiger partial charge < -0.3 is 19.8 Å². The van der Waals surface area contributed by atoms with E-state index in [9.17, 15) is 4.39 Å². The van der Waals surface area contributed by atoms with Crippen molar-refractivity contribution in [1.82, 2.24) is 15.5 Å². The molecule has 0 spiro atoms. The lowest BCUT2D eigenvalue weighted by Crippen LogP contribution is -2.42. The quantitative estimate of drug-likeness (QED) is 0.311. The maximum atomic E-state index is 13.8. The van der Waals surface area contributed by atoms with E-state index in [0.717, 1.165) is 50.3 Å². The van der Waals surface area contributed by atoms with Crippen LogP contribution >= 0.6 is 24.0 Å². The maximum absolute atomic E-state index is 13.8. The van der Waals surface area contributed by atoms with Crippen LogP contribution < -0.4 is 10.6 Å². The van der Waals surface area contributed by atoms with Crippen LogP contribution in [0.2, 0.25) is 0 Å². The van der Waals surface area contributed by atoms with Crippen LogP contribution in [0.1, 0.15) is 30.0 Å². The van der Waals surface area contributed by atoms with Crippen molar-refractivity contribution >= 4 is 29.9 Å². The first kappa shape index (κ1) is 24.6. The third kappa shape index (κ3) is 7.24. The molecule has 0 amide bonds. The fourth-order valence-electron chi connectivity index (χ4n) is 3.44. The average Bonchev–Trinajstić information content (AvgIpc) is 3.16. The Hall–Kier alpha value is -1.65. The van der Waals surface area contributed by atoms with E-state index in [4.69, 9.17) is 14.1 Å². The lowest BCUT2D eigenvalue weighted by molar-refractivity contribution is 0.0135. The second-order valence-electron chi connectivity index (χ2n) is 7.10. The zero-order valence-corrected chi connectivity index (χ0v) is 20.0. The Morgan fingerprint density at radius 1 is 1.17 bits per heavy atom. The molecule has 0 aliphatic carbocycles. The van der Waals surface area contributed by atoms with Crippen LogP contribution in [0.5, 0.6) is 0 Å². The zero-order chi connectivity index (χ0) is 20.5. The van der Waals surface area contributed by atoms with Crippen molar-refractivity contribution in [1.29, 1.82) is 0 Å². The van der Waals surface area contributed by atoms with E-state index < -0.39 is 0 Å². The number of hydrogen-bond acceptors (Lipinski definition) is 4. The molecule has 2 heterocycles. The molecule has 8 heteroatoms. The van der Waals surface area contributed by atoms with Crippen molar-refractivity contribution in [2.75, 3.05) is 45.9 Å². The normalized spacial score (nSPS) is 16.0. The van der Waals surface area contributed by atoms with E-state index in [-0.39, 0.29) is 35.8 Å². The second-order valence-corrected chi connectivity index (χ2v) is 7.10. The summed E-state index contributed by atoms with van der Waals surface area (Å²) in [5, 5.41) is 6.58. The molecule has 1 aromatic carbocycles. The molecule has 30 heavy (non-hydrogen) atoms. The number of aryl methyl sites for hydroxylation is 1. The van der Waals surface area contributed by atoms with Crippen LogP contribution in [0.15, 0.2) is 45.8 Å². The van der Waals surface area contributed by atoms with E-state index >= 15 is 0 Å². The molecule has 2 aromatic rings. The minimum Gasteiger partial charge on any atom is -0.465 e. The number of guanidine groups is 1. The first-order valence-electron chi connectivity index (χ1n) is 10.3. The van der Waals surface area contributed by atoms with Crippen LogP contribution in [0.4, 0.5) is 4.39 Å². The first-order chi connectivity index (χ1) is 14.2. The zero-order valence-electron chi connectivity index (χ0n) is 17.7. The summed E-state index contributed by atoms with van der Waals surface area (Å²) in [7, 11) is 0. The summed E-state index contributed by atoms with van der Waals surface area (Å²) in [5.41, 5.74) is 0.702. The van der Waals surface area contributed by atoms with Crippen LogP contribution in [-0.2, 0) is 11.2 Å². The number of halogens is 2. The van der Waals surface area contributed by atoms with E-state index in [1.54, 1.807) is 6.07 Å². The lowest BCUT2D eigenvalue weighted by Gasteiger charge is -2.32. The Morgan fingerprint density at radius 3 is 2.60 bits per heavy atom. The number of furan rings is 1. The van der Waals surface area contributed by atoms with Gasteiger partial charge in [0, 0.05) is 26.2 Å². The molecule has 1 fully saturated rings. The van der Waals surface area contributed by atoms with Gasteiger partial charge in [-0.3, -0.25) is 9.89 Å². The highest BCUT2D eigenvalue weighted by Crippen LogP contribution is 2.24. The van der Waals surface area contributed by atoms with E-state index in [2.05, 4.69) is 15.5 Å². The van der Waals surface area contributed by atoms with Gasteiger partial charge in [0.15, 0.2) is 5.96 Å². The predicted molar refractivity (Wildman–Crippen MR) is 128 cm³/mol. The highest BCUT2D eigenvalue weighted by molar-refractivity contribution is 14.0. The fourth-order valence-corrected chi connectivity index (χ4v) is 3.44. The number of hydrogen-bond donors (Lipinski definition) is 2. The lowest BCUT2D eigenvalue weighted by atomic mass is 10.1. The molecule has 0 bridgehead atoms. The third-order valence-electron chi connectivity index (χ3n) is 4.99. The van der Waals surface area contributed by atoms with Gasteiger partial charge in [-0.05, 0) is 44.0 Å². The largest absolute Gasteiger partial charge is 0.465 e. The van der Waals surface area contributed by atoms with E-state index in [1.165, 1.54) is 6.07 Å². The van der Waals surface area contributed by atoms with Gasteiger partial charge in [0.1, 0.15) is 17.3 Å². The molecular weight excluding hydrogens is 498 g/mol. The number of nitrogens with one attached hydrogen (secondary N) is 2. The van der Waals surface area contributed by atoms with Gasteiger partial charge in [-0.25, -0.2) is 4.39 Å². The summed E-state index contributed by atoms with van der Waals surface area (Å²) in [5.74, 6) is 2.38. The third-order valence-corrected chi connectivity index (χ3v) is 4.99. The molecule has 1 aromatic heterocycles. The molecule has 1 unspecified atom stereocenters.